The monoisotopic (exact) mass is 395 g/mol. The van der Waals surface area contributed by atoms with Crippen molar-refractivity contribution in [2.45, 2.75) is 45.3 Å². The summed E-state index contributed by atoms with van der Waals surface area (Å²) in [5.41, 5.74) is 7.84. The SMILES string of the molecule is CC(ON=C(N)c1ccc(OCc2ccccc2)cc1)C(=O)N1CCCCCC1. The Balaban J connectivity index is 1.51. The van der Waals surface area contributed by atoms with Crippen molar-refractivity contribution in [2.75, 3.05) is 13.1 Å². The minimum Gasteiger partial charge on any atom is -0.489 e. The van der Waals surface area contributed by atoms with Gasteiger partial charge in [-0.1, -0.05) is 48.3 Å². The minimum atomic E-state index is -0.653. The van der Waals surface area contributed by atoms with E-state index in [1.807, 2.05) is 59.5 Å². The van der Waals surface area contributed by atoms with Gasteiger partial charge in [0, 0.05) is 18.7 Å². The molecule has 1 aliphatic rings. The molecule has 0 bridgehead atoms. The number of carbonyl (C=O) groups excluding carboxylic acids is 1. The number of rotatable bonds is 7. The molecule has 3 rings (SSSR count). The highest BCUT2D eigenvalue weighted by Crippen LogP contribution is 2.15. The molecule has 1 heterocycles. The van der Waals surface area contributed by atoms with Crippen molar-refractivity contribution >= 4 is 11.7 Å². The normalized spacial score (nSPS) is 16.0. The van der Waals surface area contributed by atoms with E-state index in [1.54, 1.807) is 6.92 Å². The van der Waals surface area contributed by atoms with Gasteiger partial charge in [-0.25, -0.2) is 0 Å². The zero-order valence-corrected chi connectivity index (χ0v) is 16.9. The van der Waals surface area contributed by atoms with Gasteiger partial charge >= 0.3 is 0 Å². The second-order valence-electron chi connectivity index (χ2n) is 7.26. The number of amidine groups is 1. The van der Waals surface area contributed by atoms with Crippen LogP contribution in [0, 0.1) is 0 Å². The van der Waals surface area contributed by atoms with E-state index in [-0.39, 0.29) is 11.7 Å². The third kappa shape index (κ3) is 6.24. The van der Waals surface area contributed by atoms with Gasteiger partial charge in [-0.15, -0.1) is 0 Å². The molecule has 1 fully saturated rings. The summed E-state index contributed by atoms with van der Waals surface area (Å²) in [5.74, 6) is 0.944. The van der Waals surface area contributed by atoms with Crippen LogP contribution in [-0.2, 0) is 16.2 Å². The summed E-state index contributed by atoms with van der Waals surface area (Å²) < 4.78 is 5.77. The third-order valence-electron chi connectivity index (χ3n) is 4.97. The van der Waals surface area contributed by atoms with Crippen LogP contribution < -0.4 is 10.5 Å². The lowest BCUT2D eigenvalue weighted by molar-refractivity contribution is -0.142. The van der Waals surface area contributed by atoms with E-state index >= 15 is 0 Å². The van der Waals surface area contributed by atoms with Crippen LogP contribution in [0.1, 0.15) is 43.7 Å². The van der Waals surface area contributed by atoms with E-state index in [4.69, 9.17) is 15.3 Å². The van der Waals surface area contributed by atoms with Crippen LogP contribution in [0.15, 0.2) is 59.8 Å². The van der Waals surface area contributed by atoms with Crippen molar-refractivity contribution in [3.8, 4) is 5.75 Å². The van der Waals surface area contributed by atoms with Crippen LogP contribution in [0.2, 0.25) is 0 Å². The Labute approximate surface area is 172 Å². The molecule has 154 valence electrons. The lowest BCUT2D eigenvalue weighted by Crippen LogP contribution is -2.39. The molecular formula is C23H29N3O3. The molecule has 1 saturated heterocycles. The average molecular weight is 396 g/mol. The van der Waals surface area contributed by atoms with Gasteiger partial charge in [0.1, 0.15) is 12.4 Å². The highest BCUT2D eigenvalue weighted by atomic mass is 16.6. The summed E-state index contributed by atoms with van der Waals surface area (Å²) >= 11 is 0. The van der Waals surface area contributed by atoms with Gasteiger partial charge in [0.25, 0.3) is 5.91 Å². The minimum absolute atomic E-state index is 0.0342. The Hall–Kier alpha value is -3.02. The van der Waals surface area contributed by atoms with Gasteiger partial charge in [-0.05, 0) is 49.6 Å². The van der Waals surface area contributed by atoms with Crippen molar-refractivity contribution in [2.24, 2.45) is 10.9 Å². The van der Waals surface area contributed by atoms with Crippen LogP contribution >= 0.6 is 0 Å². The zero-order valence-electron chi connectivity index (χ0n) is 16.9. The predicted octanol–water partition coefficient (Wildman–Crippen LogP) is 3.69. The van der Waals surface area contributed by atoms with Crippen molar-refractivity contribution in [1.29, 1.82) is 0 Å². The quantitative estimate of drug-likeness (QED) is 0.441. The number of likely N-dealkylation sites (tertiary alicyclic amines) is 1. The molecular weight excluding hydrogens is 366 g/mol. The molecule has 2 aromatic carbocycles. The first-order valence-electron chi connectivity index (χ1n) is 10.2. The average Bonchev–Trinajstić information content (AvgIpc) is 3.06. The van der Waals surface area contributed by atoms with Crippen molar-refractivity contribution in [3.63, 3.8) is 0 Å². The maximum Gasteiger partial charge on any atom is 0.266 e. The molecule has 0 spiro atoms. The fourth-order valence-electron chi connectivity index (χ4n) is 3.24. The number of hydrogen-bond acceptors (Lipinski definition) is 4. The zero-order chi connectivity index (χ0) is 20.5. The maximum atomic E-state index is 12.5. The molecule has 0 aliphatic carbocycles. The van der Waals surface area contributed by atoms with Crippen LogP contribution in [0.3, 0.4) is 0 Å². The Morgan fingerprint density at radius 2 is 1.69 bits per heavy atom. The van der Waals surface area contributed by atoms with Gasteiger partial charge in [0.15, 0.2) is 5.84 Å². The Kier molecular flexibility index (Phi) is 7.50. The topological polar surface area (TPSA) is 77.1 Å². The lowest BCUT2D eigenvalue weighted by Gasteiger charge is -2.22. The first-order valence-corrected chi connectivity index (χ1v) is 10.2. The molecule has 29 heavy (non-hydrogen) atoms. The van der Waals surface area contributed by atoms with Crippen LogP contribution in [0.4, 0.5) is 0 Å². The standard InChI is InChI=1S/C23H29N3O3/c1-18(23(27)26-15-7-2-3-8-16-26)29-25-22(24)20-11-13-21(14-12-20)28-17-19-9-5-4-6-10-19/h4-6,9-14,18H,2-3,7-8,15-17H2,1H3,(H2,24,25). The molecule has 1 amide bonds. The number of carbonyl (C=O) groups is 1. The number of amides is 1. The summed E-state index contributed by atoms with van der Waals surface area (Å²) in [6, 6.07) is 17.3. The summed E-state index contributed by atoms with van der Waals surface area (Å²) in [7, 11) is 0. The smallest absolute Gasteiger partial charge is 0.266 e. The number of nitrogens with two attached hydrogens (primary N) is 1. The number of hydrogen-bond donors (Lipinski definition) is 1. The molecule has 2 N–H and O–H groups in total. The second kappa shape index (κ2) is 10.5. The fourth-order valence-corrected chi connectivity index (χ4v) is 3.24. The first kappa shape index (κ1) is 20.7. The van der Waals surface area contributed by atoms with Crippen molar-refractivity contribution < 1.29 is 14.4 Å². The Bertz CT molecular complexity index is 798. The highest BCUT2D eigenvalue weighted by Gasteiger charge is 2.22. The largest absolute Gasteiger partial charge is 0.489 e. The second-order valence-corrected chi connectivity index (χ2v) is 7.26. The fraction of sp³-hybridized carbons (Fsp3) is 0.391. The molecule has 1 aliphatic heterocycles. The third-order valence-corrected chi connectivity index (χ3v) is 4.97. The van der Waals surface area contributed by atoms with Gasteiger partial charge in [0.2, 0.25) is 6.10 Å². The van der Waals surface area contributed by atoms with Crippen LogP contribution in [0.5, 0.6) is 5.75 Å². The lowest BCUT2D eigenvalue weighted by atomic mass is 10.2. The molecule has 6 nitrogen and oxygen atoms in total. The number of benzene rings is 2. The van der Waals surface area contributed by atoms with E-state index in [0.29, 0.717) is 12.2 Å². The van der Waals surface area contributed by atoms with E-state index in [9.17, 15) is 4.79 Å². The number of oxime groups is 1. The van der Waals surface area contributed by atoms with Crippen molar-refractivity contribution in [3.05, 3.63) is 65.7 Å². The number of nitrogens with zero attached hydrogens (tertiary/aromatic N) is 2. The Morgan fingerprint density at radius 1 is 1.03 bits per heavy atom. The highest BCUT2D eigenvalue weighted by molar-refractivity contribution is 5.97. The van der Waals surface area contributed by atoms with Gasteiger partial charge in [-0.2, -0.15) is 0 Å². The molecule has 1 atom stereocenters. The molecule has 0 saturated carbocycles. The van der Waals surface area contributed by atoms with E-state index in [1.165, 1.54) is 12.8 Å². The van der Waals surface area contributed by atoms with E-state index in [0.717, 1.165) is 37.2 Å². The van der Waals surface area contributed by atoms with E-state index < -0.39 is 6.10 Å². The van der Waals surface area contributed by atoms with Gasteiger partial charge < -0.3 is 20.2 Å². The molecule has 2 aromatic rings. The van der Waals surface area contributed by atoms with Crippen LogP contribution in [0.25, 0.3) is 0 Å². The van der Waals surface area contributed by atoms with Crippen molar-refractivity contribution in [1.82, 2.24) is 4.90 Å². The first-order chi connectivity index (χ1) is 14.1. The summed E-state index contributed by atoms with van der Waals surface area (Å²) in [5, 5.41) is 3.96. The summed E-state index contributed by atoms with van der Waals surface area (Å²) in [6.07, 6.45) is 3.79. The summed E-state index contributed by atoms with van der Waals surface area (Å²) in [4.78, 5) is 19.8. The predicted molar refractivity (Wildman–Crippen MR) is 114 cm³/mol. The summed E-state index contributed by atoms with van der Waals surface area (Å²) in [6.45, 7) is 3.79. The Morgan fingerprint density at radius 3 is 2.34 bits per heavy atom. The van der Waals surface area contributed by atoms with Crippen LogP contribution in [-0.4, -0.2) is 35.8 Å². The molecule has 1 unspecified atom stereocenters. The van der Waals surface area contributed by atoms with Gasteiger partial charge in [-0.3, -0.25) is 4.79 Å². The molecule has 0 radical (unpaired) electrons. The maximum absolute atomic E-state index is 12.5. The molecule has 0 aromatic heterocycles. The number of ether oxygens (including phenoxy) is 1. The van der Waals surface area contributed by atoms with Gasteiger partial charge in [0.05, 0.1) is 0 Å². The molecule has 6 heteroatoms. The van der Waals surface area contributed by atoms with E-state index in [2.05, 4.69) is 5.16 Å².